The molecule has 0 amide bonds. The van der Waals surface area contributed by atoms with Gasteiger partial charge in [-0.3, -0.25) is 0 Å². The predicted octanol–water partition coefficient (Wildman–Crippen LogP) is 4.67. The molecule has 3 aromatic carbocycles. The molecule has 0 unspecified atom stereocenters. The maximum Gasteiger partial charge on any atom is 0.339 e. The molecule has 0 aromatic heterocycles. The van der Waals surface area contributed by atoms with Crippen LogP contribution in [0.25, 0.3) is 10.8 Å². The predicted molar refractivity (Wildman–Crippen MR) is 89.6 cm³/mol. The lowest BCUT2D eigenvalue weighted by Crippen LogP contribution is -1.97. The summed E-state index contributed by atoms with van der Waals surface area (Å²) in [5.41, 5.74) is 0.888. The van der Waals surface area contributed by atoms with Crippen molar-refractivity contribution in [2.24, 2.45) is 10.2 Å². The molecule has 24 heavy (non-hydrogen) atoms. The third-order valence-corrected chi connectivity index (χ3v) is 3.61. The number of carboxylic acids is 1. The summed E-state index contributed by atoms with van der Waals surface area (Å²) >= 11 is 0. The van der Waals surface area contributed by atoms with Gasteiger partial charge in [-0.05, 0) is 36.1 Å². The molecule has 3 aromatic rings. The Morgan fingerprint density at radius 1 is 1.00 bits per heavy atom. The summed E-state index contributed by atoms with van der Waals surface area (Å²) in [6.45, 7) is 1.83. The second-order valence-corrected chi connectivity index (χ2v) is 5.34. The molecule has 0 spiro atoms. The van der Waals surface area contributed by atoms with Crippen molar-refractivity contribution in [3.8, 4) is 11.5 Å². The first kappa shape index (κ1) is 15.5. The first-order valence-corrected chi connectivity index (χ1v) is 7.16. The Kier molecular flexibility index (Phi) is 3.87. The van der Waals surface area contributed by atoms with E-state index in [2.05, 4.69) is 10.2 Å². The van der Waals surface area contributed by atoms with Crippen molar-refractivity contribution in [1.82, 2.24) is 0 Å². The Morgan fingerprint density at radius 2 is 1.75 bits per heavy atom. The summed E-state index contributed by atoms with van der Waals surface area (Å²) in [5, 5.41) is 38.5. The summed E-state index contributed by atoms with van der Waals surface area (Å²) in [4.78, 5) is 11.3. The van der Waals surface area contributed by atoms with Crippen LogP contribution in [0, 0.1) is 6.92 Å². The second kappa shape index (κ2) is 6.00. The maximum absolute atomic E-state index is 11.3. The summed E-state index contributed by atoms with van der Waals surface area (Å²) < 4.78 is 0. The van der Waals surface area contributed by atoms with Crippen LogP contribution >= 0.6 is 0 Å². The van der Waals surface area contributed by atoms with Crippen molar-refractivity contribution in [1.29, 1.82) is 0 Å². The number of nitrogens with zero attached hydrogens (tertiary/aromatic N) is 2. The number of aromatic carboxylic acids is 1. The highest BCUT2D eigenvalue weighted by Gasteiger charge is 2.17. The zero-order chi connectivity index (χ0) is 17.3. The Morgan fingerprint density at radius 3 is 2.46 bits per heavy atom. The summed E-state index contributed by atoms with van der Waals surface area (Å²) in [6.07, 6.45) is 0. The second-order valence-electron chi connectivity index (χ2n) is 5.34. The monoisotopic (exact) mass is 322 g/mol. The number of benzene rings is 3. The molecule has 3 N–H and O–H groups in total. The van der Waals surface area contributed by atoms with Crippen molar-refractivity contribution >= 4 is 28.1 Å². The van der Waals surface area contributed by atoms with E-state index in [-0.39, 0.29) is 22.7 Å². The highest BCUT2D eigenvalue weighted by molar-refractivity contribution is 6.04. The van der Waals surface area contributed by atoms with E-state index in [0.717, 1.165) is 5.56 Å². The van der Waals surface area contributed by atoms with E-state index >= 15 is 0 Å². The topological polar surface area (TPSA) is 102 Å². The van der Waals surface area contributed by atoms with Crippen molar-refractivity contribution in [3.05, 3.63) is 59.7 Å². The van der Waals surface area contributed by atoms with E-state index in [1.807, 2.05) is 6.92 Å². The summed E-state index contributed by atoms with van der Waals surface area (Å²) in [7, 11) is 0. The molecule has 6 nitrogen and oxygen atoms in total. The quantitative estimate of drug-likeness (QED) is 0.609. The van der Waals surface area contributed by atoms with Crippen molar-refractivity contribution in [2.75, 3.05) is 0 Å². The zero-order valence-corrected chi connectivity index (χ0v) is 12.8. The van der Waals surface area contributed by atoms with Crippen LogP contribution in [0.15, 0.2) is 58.8 Å². The number of phenols is 2. The van der Waals surface area contributed by atoms with Gasteiger partial charge in [-0.25, -0.2) is 4.79 Å². The molecule has 0 saturated heterocycles. The molecule has 0 saturated carbocycles. The van der Waals surface area contributed by atoms with Crippen LogP contribution in [0.4, 0.5) is 11.4 Å². The number of rotatable bonds is 3. The van der Waals surface area contributed by atoms with Crippen LogP contribution in [0.2, 0.25) is 0 Å². The minimum absolute atomic E-state index is 0.0445. The minimum Gasteiger partial charge on any atom is -0.506 e. The number of fused-ring (bicyclic) bond motifs is 1. The third-order valence-electron chi connectivity index (χ3n) is 3.61. The van der Waals surface area contributed by atoms with E-state index in [1.165, 1.54) is 6.07 Å². The Labute approximate surface area is 137 Å². The number of aromatic hydroxyl groups is 2. The molecule has 3 rings (SSSR count). The lowest BCUT2D eigenvalue weighted by atomic mass is 10.0. The van der Waals surface area contributed by atoms with E-state index in [4.69, 9.17) is 0 Å². The average molecular weight is 322 g/mol. The molecule has 6 heteroatoms. The van der Waals surface area contributed by atoms with Crippen molar-refractivity contribution < 1.29 is 20.1 Å². The SMILES string of the molecule is Cc1ccc(/N=N/c2c(O)c(C(=O)O)cc3ccccc23)c(O)c1. The number of carboxylic acid groups (broad SMARTS) is 1. The molecule has 120 valence electrons. The van der Waals surface area contributed by atoms with E-state index in [9.17, 15) is 20.1 Å². The molecule has 0 atom stereocenters. The first-order chi connectivity index (χ1) is 11.5. The van der Waals surface area contributed by atoms with Gasteiger partial charge in [0, 0.05) is 5.39 Å². The number of hydrogen-bond acceptors (Lipinski definition) is 5. The zero-order valence-electron chi connectivity index (χ0n) is 12.8. The molecule has 0 heterocycles. The number of phenolic OH excluding ortho intramolecular Hbond substituents is 1. The van der Waals surface area contributed by atoms with Gasteiger partial charge in [-0.15, -0.1) is 10.2 Å². The van der Waals surface area contributed by atoms with E-state index < -0.39 is 11.7 Å². The smallest absolute Gasteiger partial charge is 0.339 e. The van der Waals surface area contributed by atoms with Crippen LogP contribution in [0.1, 0.15) is 15.9 Å². The molecule has 0 aliphatic heterocycles. The van der Waals surface area contributed by atoms with Crippen LogP contribution < -0.4 is 0 Å². The fourth-order valence-corrected chi connectivity index (χ4v) is 2.40. The van der Waals surface area contributed by atoms with Gasteiger partial charge >= 0.3 is 5.97 Å². The van der Waals surface area contributed by atoms with Crippen molar-refractivity contribution in [2.45, 2.75) is 6.92 Å². The molecule has 0 aliphatic rings. The summed E-state index contributed by atoms with van der Waals surface area (Å²) in [6, 6.07) is 13.2. The van der Waals surface area contributed by atoms with Gasteiger partial charge in [0.05, 0.1) is 0 Å². The standard InChI is InChI=1S/C18H14N2O4/c1-10-6-7-14(15(21)8-10)19-20-16-12-5-3-2-4-11(12)9-13(17(16)22)18(23)24/h2-9,21-22H,1H3,(H,23,24)/b20-19+. The molecule has 0 fully saturated rings. The van der Waals surface area contributed by atoms with Crippen LogP contribution in [-0.2, 0) is 0 Å². The Bertz CT molecular complexity index is 980. The van der Waals surface area contributed by atoms with Crippen LogP contribution in [-0.4, -0.2) is 21.3 Å². The highest BCUT2D eigenvalue weighted by atomic mass is 16.4. The third kappa shape index (κ3) is 2.77. The molecule has 0 aliphatic carbocycles. The van der Waals surface area contributed by atoms with E-state index in [0.29, 0.717) is 10.8 Å². The fraction of sp³-hybridized carbons (Fsp3) is 0.0556. The Balaban J connectivity index is 2.19. The first-order valence-electron chi connectivity index (χ1n) is 7.16. The van der Waals surface area contributed by atoms with Gasteiger partial charge < -0.3 is 15.3 Å². The lowest BCUT2D eigenvalue weighted by Gasteiger charge is -2.07. The van der Waals surface area contributed by atoms with Crippen molar-refractivity contribution in [3.63, 3.8) is 0 Å². The highest BCUT2D eigenvalue weighted by Crippen LogP contribution is 2.40. The molecule has 0 bridgehead atoms. The average Bonchev–Trinajstić information content (AvgIpc) is 2.55. The number of azo groups is 1. The van der Waals surface area contributed by atoms with E-state index in [1.54, 1.807) is 42.5 Å². The molecule has 0 radical (unpaired) electrons. The number of aryl methyl sites for hydroxylation is 1. The number of hydrogen-bond donors (Lipinski definition) is 3. The maximum atomic E-state index is 11.3. The lowest BCUT2D eigenvalue weighted by molar-refractivity contribution is 0.0694. The van der Waals surface area contributed by atoms with Gasteiger partial charge in [0.1, 0.15) is 22.7 Å². The fourth-order valence-electron chi connectivity index (χ4n) is 2.40. The summed E-state index contributed by atoms with van der Waals surface area (Å²) in [5.74, 6) is -1.76. The number of carbonyl (C=O) groups is 1. The van der Waals surface area contributed by atoms with Gasteiger partial charge in [0.2, 0.25) is 0 Å². The van der Waals surface area contributed by atoms with Gasteiger partial charge in [-0.1, -0.05) is 30.3 Å². The van der Waals surface area contributed by atoms with Crippen LogP contribution in [0.3, 0.4) is 0 Å². The largest absolute Gasteiger partial charge is 0.506 e. The normalized spacial score (nSPS) is 11.2. The minimum atomic E-state index is -1.26. The van der Waals surface area contributed by atoms with Gasteiger partial charge in [-0.2, -0.15) is 0 Å². The molecular weight excluding hydrogens is 308 g/mol. The molecular formula is C18H14N2O4. The van der Waals surface area contributed by atoms with Gasteiger partial charge in [0.25, 0.3) is 0 Å². The Hall–Kier alpha value is -3.41. The van der Waals surface area contributed by atoms with Gasteiger partial charge in [0.15, 0.2) is 5.75 Å². The van der Waals surface area contributed by atoms with Crippen LogP contribution in [0.5, 0.6) is 11.5 Å².